The molecule has 21 heavy (non-hydrogen) atoms. The highest BCUT2D eigenvalue weighted by Gasteiger charge is 2.38. The average Bonchev–Trinajstić information content (AvgIpc) is 3.02. The summed E-state index contributed by atoms with van der Waals surface area (Å²) in [6.45, 7) is 5.77. The van der Waals surface area contributed by atoms with Gasteiger partial charge in [-0.15, -0.1) is 0 Å². The fourth-order valence-electron chi connectivity index (χ4n) is 2.65. The highest BCUT2D eigenvalue weighted by atomic mass is 16.4. The van der Waals surface area contributed by atoms with Gasteiger partial charge in [0.1, 0.15) is 17.6 Å². The molecule has 0 aliphatic carbocycles. The van der Waals surface area contributed by atoms with E-state index in [4.69, 9.17) is 4.42 Å². The van der Waals surface area contributed by atoms with Crippen LogP contribution >= 0.6 is 0 Å². The fourth-order valence-corrected chi connectivity index (χ4v) is 2.65. The van der Waals surface area contributed by atoms with Crippen LogP contribution in [0.4, 0.5) is 5.69 Å². The van der Waals surface area contributed by atoms with E-state index in [9.17, 15) is 9.90 Å². The monoisotopic (exact) mass is 285 g/mol. The highest BCUT2D eigenvalue weighted by Crippen LogP contribution is 2.39. The molecule has 1 amide bonds. The second kappa shape index (κ2) is 4.74. The first-order chi connectivity index (χ1) is 9.93. The molecule has 1 atom stereocenters. The first kappa shape index (κ1) is 13.9. The van der Waals surface area contributed by atoms with Gasteiger partial charge in [0, 0.05) is 12.1 Å². The van der Waals surface area contributed by atoms with Crippen LogP contribution in [0.15, 0.2) is 34.7 Å². The van der Waals surface area contributed by atoms with E-state index in [0.29, 0.717) is 5.76 Å². The number of carbonyl (C=O) groups is 1. The molecule has 1 aromatic heterocycles. The number of fused-ring (bicyclic) bond motifs is 1. The van der Waals surface area contributed by atoms with Crippen molar-refractivity contribution in [1.29, 1.82) is 0 Å². The Hall–Kier alpha value is -2.07. The number of furan rings is 1. The summed E-state index contributed by atoms with van der Waals surface area (Å²) >= 11 is 0. The minimum atomic E-state index is -0.817. The minimum Gasteiger partial charge on any atom is -0.463 e. The van der Waals surface area contributed by atoms with Gasteiger partial charge in [0.15, 0.2) is 0 Å². The molecule has 4 heteroatoms. The molecule has 1 aliphatic rings. The van der Waals surface area contributed by atoms with Gasteiger partial charge in [-0.1, -0.05) is 13.0 Å². The Balaban J connectivity index is 1.98. The molecular formula is C17H19NO3. The molecule has 0 saturated carbocycles. The summed E-state index contributed by atoms with van der Waals surface area (Å²) in [5.74, 6) is 1.36. The molecule has 3 rings (SSSR count). The Labute approximate surface area is 123 Å². The van der Waals surface area contributed by atoms with E-state index >= 15 is 0 Å². The van der Waals surface area contributed by atoms with E-state index in [0.717, 1.165) is 29.0 Å². The molecule has 1 unspecified atom stereocenters. The summed E-state index contributed by atoms with van der Waals surface area (Å²) in [7, 11) is 0. The molecule has 1 aromatic carbocycles. The van der Waals surface area contributed by atoms with Crippen LogP contribution in [0.1, 0.15) is 49.5 Å². The molecule has 2 heterocycles. The number of rotatable bonds is 3. The summed E-state index contributed by atoms with van der Waals surface area (Å²) in [5, 5.41) is 13.3. The first-order valence-corrected chi connectivity index (χ1v) is 7.16. The van der Waals surface area contributed by atoms with Crippen molar-refractivity contribution < 1.29 is 14.3 Å². The van der Waals surface area contributed by atoms with Crippen LogP contribution in [0.25, 0.3) is 0 Å². The van der Waals surface area contributed by atoms with Crippen LogP contribution < -0.4 is 5.32 Å². The number of nitrogens with one attached hydrogen (secondary N) is 1. The zero-order valence-corrected chi connectivity index (χ0v) is 12.4. The summed E-state index contributed by atoms with van der Waals surface area (Å²) in [4.78, 5) is 12.0. The van der Waals surface area contributed by atoms with Crippen molar-refractivity contribution >= 4 is 11.6 Å². The lowest BCUT2D eigenvalue weighted by atomic mass is 9.85. The molecule has 0 spiro atoms. The first-order valence-electron chi connectivity index (χ1n) is 7.16. The summed E-state index contributed by atoms with van der Waals surface area (Å²) in [6, 6.07) is 9.21. The molecule has 0 radical (unpaired) electrons. The maximum Gasteiger partial charge on any atom is 0.234 e. The molecule has 110 valence electrons. The Kier molecular flexibility index (Phi) is 3.14. The maximum atomic E-state index is 12.0. The standard InChI is InChI=1S/C17H19NO3/c1-4-11-6-8-14(21-11)15(19)10-5-7-13-12(9-10)17(2,3)16(20)18-13/h5-9,15,19H,4H2,1-3H3,(H,18,20). The quantitative estimate of drug-likeness (QED) is 0.910. The van der Waals surface area contributed by atoms with Gasteiger partial charge in [-0.3, -0.25) is 4.79 Å². The van der Waals surface area contributed by atoms with Gasteiger partial charge >= 0.3 is 0 Å². The molecule has 0 bridgehead atoms. The number of carbonyl (C=O) groups excluding carboxylic acids is 1. The van der Waals surface area contributed by atoms with E-state index in [1.165, 1.54) is 0 Å². The zero-order chi connectivity index (χ0) is 15.2. The van der Waals surface area contributed by atoms with E-state index < -0.39 is 11.5 Å². The summed E-state index contributed by atoms with van der Waals surface area (Å²) in [5.41, 5.74) is 1.87. The second-order valence-corrected chi connectivity index (χ2v) is 5.94. The van der Waals surface area contributed by atoms with E-state index in [1.807, 2.05) is 45.0 Å². The SMILES string of the molecule is CCc1ccc(C(O)c2ccc3c(c2)C(C)(C)C(=O)N3)o1. The lowest BCUT2D eigenvalue weighted by Crippen LogP contribution is -2.26. The maximum absolute atomic E-state index is 12.0. The largest absolute Gasteiger partial charge is 0.463 e. The van der Waals surface area contributed by atoms with Crippen molar-refractivity contribution in [3.8, 4) is 0 Å². The van der Waals surface area contributed by atoms with Crippen LogP contribution in [0.5, 0.6) is 0 Å². The van der Waals surface area contributed by atoms with Gasteiger partial charge in [0.25, 0.3) is 0 Å². The van der Waals surface area contributed by atoms with Gasteiger partial charge < -0.3 is 14.8 Å². The number of amides is 1. The number of aliphatic hydroxyl groups is 1. The zero-order valence-electron chi connectivity index (χ0n) is 12.4. The van der Waals surface area contributed by atoms with Crippen molar-refractivity contribution in [1.82, 2.24) is 0 Å². The van der Waals surface area contributed by atoms with Gasteiger partial charge in [-0.25, -0.2) is 0 Å². The predicted molar refractivity (Wildman–Crippen MR) is 80.2 cm³/mol. The number of hydrogen-bond acceptors (Lipinski definition) is 3. The van der Waals surface area contributed by atoms with Gasteiger partial charge in [-0.05, 0) is 49.2 Å². The van der Waals surface area contributed by atoms with E-state index in [2.05, 4.69) is 5.32 Å². The normalized spacial score (nSPS) is 17.4. The molecule has 2 aromatic rings. The van der Waals surface area contributed by atoms with Crippen molar-refractivity contribution in [2.24, 2.45) is 0 Å². The smallest absolute Gasteiger partial charge is 0.234 e. The lowest BCUT2D eigenvalue weighted by molar-refractivity contribution is -0.119. The average molecular weight is 285 g/mol. The molecular weight excluding hydrogens is 266 g/mol. The van der Waals surface area contributed by atoms with Gasteiger partial charge in [-0.2, -0.15) is 0 Å². The highest BCUT2D eigenvalue weighted by molar-refractivity contribution is 6.05. The Bertz CT molecular complexity index is 700. The van der Waals surface area contributed by atoms with Crippen LogP contribution in [-0.4, -0.2) is 11.0 Å². The molecule has 2 N–H and O–H groups in total. The van der Waals surface area contributed by atoms with E-state index in [-0.39, 0.29) is 5.91 Å². The summed E-state index contributed by atoms with van der Waals surface area (Å²) in [6.07, 6.45) is -0.0235. The third kappa shape index (κ3) is 2.16. The summed E-state index contributed by atoms with van der Waals surface area (Å²) < 4.78 is 5.61. The number of benzene rings is 1. The predicted octanol–water partition coefficient (Wildman–Crippen LogP) is 3.15. The van der Waals surface area contributed by atoms with Crippen molar-refractivity contribution in [3.63, 3.8) is 0 Å². The van der Waals surface area contributed by atoms with E-state index in [1.54, 1.807) is 6.07 Å². The third-order valence-corrected chi connectivity index (χ3v) is 4.15. The molecule has 0 fully saturated rings. The number of anilines is 1. The van der Waals surface area contributed by atoms with Crippen LogP contribution in [0, 0.1) is 0 Å². The number of aryl methyl sites for hydroxylation is 1. The number of aliphatic hydroxyl groups excluding tert-OH is 1. The topological polar surface area (TPSA) is 62.5 Å². The molecule has 4 nitrogen and oxygen atoms in total. The third-order valence-electron chi connectivity index (χ3n) is 4.15. The van der Waals surface area contributed by atoms with Crippen LogP contribution in [0.3, 0.4) is 0 Å². The Morgan fingerprint density at radius 1 is 1.29 bits per heavy atom. The van der Waals surface area contributed by atoms with Crippen LogP contribution in [0.2, 0.25) is 0 Å². The fraction of sp³-hybridized carbons (Fsp3) is 0.353. The Morgan fingerprint density at radius 2 is 2.05 bits per heavy atom. The lowest BCUT2D eigenvalue weighted by Gasteiger charge is -2.17. The van der Waals surface area contributed by atoms with Crippen LogP contribution in [-0.2, 0) is 16.6 Å². The number of hydrogen-bond donors (Lipinski definition) is 2. The van der Waals surface area contributed by atoms with Gasteiger partial charge in [0.2, 0.25) is 5.91 Å². The van der Waals surface area contributed by atoms with Crippen molar-refractivity contribution in [2.45, 2.75) is 38.7 Å². The minimum absolute atomic E-state index is 0.0181. The second-order valence-electron chi connectivity index (χ2n) is 5.94. The van der Waals surface area contributed by atoms with Crippen molar-refractivity contribution in [3.05, 3.63) is 53.0 Å². The molecule has 1 aliphatic heterocycles. The van der Waals surface area contributed by atoms with Crippen molar-refractivity contribution in [2.75, 3.05) is 5.32 Å². The Morgan fingerprint density at radius 3 is 2.71 bits per heavy atom. The molecule has 0 saturated heterocycles. The van der Waals surface area contributed by atoms with Gasteiger partial charge in [0.05, 0.1) is 5.41 Å².